The van der Waals surface area contributed by atoms with Gasteiger partial charge in [0.2, 0.25) is 0 Å². The summed E-state index contributed by atoms with van der Waals surface area (Å²) in [7, 11) is 0. The highest BCUT2D eigenvalue weighted by Gasteiger charge is 2.27. The van der Waals surface area contributed by atoms with Crippen molar-refractivity contribution >= 4 is 0 Å². The molecule has 17 heavy (non-hydrogen) atoms. The van der Waals surface area contributed by atoms with Crippen LogP contribution >= 0.6 is 0 Å². The fourth-order valence-corrected chi connectivity index (χ4v) is 3.17. The first-order valence-corrected chi connectivity index (χ1v) is 6.75. The minimum absolute atomic E-state index is 0.404. The van der Waals surface area contributed by atoms with Crippen molar-refractivity contribution in [2.24, 2.45) is 0 Å². The molecule has 0 unspecified atom stereocenters. The van der Waals surface area contributed by atoms with E-state index in [1.54, 1.807) is 11.1 Å². The maximum absolute atomic E-state index is 5.63. The van der Waals surface area contributed by atoms with Crippen molar-refractivity contribution in [3.8, 4) is 0 Å². The lowest BCUT2D eigenvalue weighted by Gasteiger charge is -2.39. The SMILES string of the molecule is C[C@@H]1CN([C@H]2CCc3ccccc3C2)CCO1. The second-order valence-corrected chi connectivity index (χ2v) is 5.34. The van der Waals surface area contributed by atoms with E-state index in [1.165, 1.54) is 19.3 Å². The molecule has 0 spiro atoms. The molecule has 1 aromatic carbocycles. The van der Waals surface area contributed by atoms with Crippen molar-refractivity contribution in [3.05, 3.63) is 35.4 Å². The largest absolute Gasteiger partial charge is 0.376 e. The van der Waals surface area contributed by atoms with Crippen LogP contribution in [-0.2, 0) is 17.6 Å². The summed E-state index contributed by atoms with van der Waals surface area (Å²) < 4.78 is 5.63. The number of hydrogen-bond acceptors (Lipinski definition) is 2. The van der Waals surface area contributed by atoms with Gasteiger partial charge in [-0.2, -0.15) is 0 Å². The molecule has 0 bridgehead atoms. The molecule has 0 N–H and O–H groups in total. The Morgan fingerprint density at radius 1 is 1.24 bits per heavy atom. The van der Waals surface area contributed by atoms with Crippen LogP contribution in [0.25, 0.3) is 0 Å². The Bertz CT molecular complexity index is 390. The van der Waals surface area contributed by atoms with Gasteiger partial charge in [0.25, 0.3) is 0 Å². The zero-order chi connectivity index (χ0) is 11.7. The number of aryl methyl sites for hydroxylation is 1. The fraction of sp³-hybridized carbons (Fsp3) is 0.600. The molecule has 2 nitrogen and oxygen atoms in total. The van der Waals surface area contributed by atoms with Gasteiger partial charge in [0, 0.05) is 19.1 Å². The van der Waals surface area contributed by atoms with Crippen molar-refractivity contribution in [2.75, 3.05) is 19.7 Å². The van der Waals surface area contributed by atoms with E-state index in [4.69, 9.17) is 4.74 Å². The second-order valence-electron chi connectivity index (χ2n) is 5.34. The van der Waals surface area contributed by atoms with E-state index in [2.05, 4.69) is 36.1 Å². The Morgan fingerprint density at radius 3 is 2.88 bits per heavy atom. The molecule has 0 amide bonds. The number of rotatable bonds is 1. The quantitative estimate of drug-likeness (QED) is 0.735. The third-order valence-corrected chi connectivity index (χ3v) is 4.11. The maximum atomic E-state index is 5.63. The summed E-state index contributed by atoms with van der Waals surface area (Å²) >= 11 is 0. The third kappa shape index (κ3) is 2.38. The average Bonchev–Trinajstić information content (AvgIpc) is 2.38. The number of morpholine rings is 1. The molecule has 1 fully saturated rings. The highest BCUT2D eigenvalue weighted by Crippen LogP contribution is 2.25. The van der Waals surface area contributed by atoms with Gasteiger partial charge < -0.3 is 4.74 Å². The summed E-state index contributed by atoms with van der Waals surface area (Å²) in [5.41, 5.74) is 3.12. The van der Waals surface area contributed by atoms with Gasteiger partial charge in [-0.05, 0) is 37.3 Å². The van der Waals surface area contributed by atoms with Crippen LogP contribution < -0.4 is 0 Å². The molecular weight excluding hydrogens is 210 g/mol. The average molecular weight is 231 g/mol. The monoisotopic (exact) mass is 231 g/mol. The van der Waals surface area contributed by atoms with Crippen LogP contribution in [-0.4, -0.2) is 36.7 Å². The van der Waals surface area contributed by atoms with Crippen molar-refractivity contribution in [3.63, 3.8) is 0 Å². The van der Waals surface area contributed by atoms with Gasteiger partial charge in [0.15, 0.2) is 0 Å². The van der Waals surface area contributed by atoms with Gasteiger partial charge in [-0.25, -0.2) is 0 Å². The van der Waals surface area contributed by atoms with Gasteiger partial charge in [0.1, 0.15) is 0 Å². The van der Waals surface area contributed by atoms with Crippen LogP contribution in [0.4, 0.5) is 0 Å². The number of hydrogen-bond donors (Lipinski definition) is 0. The molecule has 2 atom stereocenters. The second kappa shape index (κ2) is 4.79. The standard InChI is InChI=1S/C15H21NO/c1-12-11-16(8-9-17-12)15-7-6-13-4-2-3-5-14(13)10-15/h2-5,12,15H,6-11H2,1H3/t12-,15+/m1/s1. The first kappa shape index (κ1) is 11.2. The smallest absolute Gasteiger partial charge is 0.0674 e. The first-order chi connectivity index (χ1) is 8.33. The predicted octanol–water partition coefficient (Wildman–Crippen LogP) is 2.26. The molecular formula is C15H21NO. The fourth-order valence-electron chi connectivity index (χ4n) is 3.17. The number of ether oxygens (including phenoxy) is 1. The van der Waals surface area contributed by atoms with Gasteiger partial charge >= 0.3 is 0 Å². The van der Waals surface area contributed by atoms with E-state index in [-0.39, 0.29) is 0 Å². The van der Waals surface area contributed by atoms with E-state index in [0.717, 1.165) is 25.7 Å². The van der Waals surface area contributed by atoms with Gasteiger partial charge in [-0.15, -0.1) is 0 Å². The molecule has 92 valence electrons. The molecule has 1 heterocycles. The van der Waals surface area contributed by atoms with Crippen molar-refractivity contribution < 1.29 is 4.74 Å². The highest BCUT2D eigenvalue weighted by molar-refractivity contribution is 5.30. The Hall–Kier alpha value is -0.860. The van der Waals surface area contributed by atoms with E-state index in [9.17, 15) is 0 Å². The van der Waals surface area contributed by atoms with Gasteiger partial charge in [-0.3, -0.25) is 4.90 Å². The Kier molecular flexibility index (Phi) is 3.17. The van der Waals surface area contributed by atoms with Crippen LogP contribution in [0.3, 0.4) is 0 Å². The summed E-state index contributed by atoms with van der Waals surface area (Å²) in [4.78, 5) is 2.63. The maximum Gasteiger partial charge on any atom is 0.0674 e. The normalized spacial score (nSPS) is 29.9. The minimum Gasteiger partial charge on any atom is -0.376 e. The summed E-state index contributed by atoms with van der Waals surface area (Å²) in [5, 5.41) is 0. The number of benzene rings is 1. The van der Waals surface area contributed by atoms with Crippen LogP contribution in [0.5, 0.6) is 0 Å². The van der Waals surface area contributed by atoms with E-state index in [1.807, 2.05) is 0 Å². The van der Waals surface area contributed by atoms with Crippen LogP contribution in [0.1, 0.15) is 24.5 Å². The van der Waals surface area contributed by atoms with E-state index in [0.29, 0.717) is 6.10 Å². The van der Waals surface area contributed by atoms with Crippen LogP contribution in [0.15, 0.2) is 24.3 Å². The molecule has 0 aromatic heterocycles. The topological polar surface area (TPSA) is 12.5 Å². The Morgan fingerprint density at radius 2 is 2.06 bits per heavy atom. The van der Waals surface area contributed by atoms with Crippen molar-refractivity contribution in [1.29, 1.82) is 0 Å². The molecule has 2 heteroatoms. The predicted molar refractivity (Wildman–Crippen MR) is 69.2 cm³/mol. The van der Waals surface area contributed by atoms with E-state index >= 15 is 0 Å². The van der Waals surface area contributed by atoms with Gasteiger partial charge in [0.05, 0.1) is 12.7 Å². The van der Waals surface area contributed by atoms with Crippen LogP contribution in [0, 0.1) is 0 Å². The zero-order valence-corrected chi connectivity index (χ0v) is 10.6. The molecule has 1 aliphatic heterocycles. The number of nitrogens with zero attached hydrogens (tertiary/aromatic N) is 1. The molecule has 1 aliphatic carbocycles. The molecule has 1 aromatic rings. The molecule has 1 saturated heterocycles. The minimum atomic E-state index is 0.404. The van der Waals surface area contributed by atoms with Crippen molar-refractivity contribution in [1.82, 2.24) is 4.90 Å². The summed E-state index contributed by atoms with van der Waals surface area (Å²) in [6.45, 7) is 5.30. The van der Waals surface area contributed by atoms with Gasteiger partial charge in [-0.1, -0.05) is 24.3 Å². The zero-order valence-electron chi connectivity index (χ0n) is 10.6. The summed E-state index contributed by atoms with van der Waals surface area (Å²) in [6, 6.07) is 9.65. The lowest BCUT2D eigenvalue weighted by atomic mass is 9.87. The molecule has 2 aliphatic rings. The van der Waals surface area contributed by atoms with Crippen molar-refractivity contribution in [2.45, 2.75) is 38.3 Å². The van der Waals surface area contributed by atoms with Crippen LogP contribution in [0.2, 0.25) is 0 Å². The molecule has 0 saturated carbocycles. The summed E-state index contributed by atoms with van der Waals surface area (Å²) in [6.07, 6.45) is 4.18. The third-order valence-electron chi connectivity index (χ3n) is 4.11. The Balaban J connectivity index is 1.71. The highest BCUT2D eigenvalue weighted by atomic mass is 16.5. The number of fused-ring (bicyclic) bond motifs is 1. The summed E-state index contributed by atoms with van der Waals surface area (Å²) in [5.74, 6) is 0. The lowest BCUT2D eigenvalue weighted by Crippen LogP contribution is -2.48. The lowest BCUT2D eigenvalue weighted by molar-refractivity contribution is -0.0359. The van der Waals surface area contributed by atoms with E-state index < -0.39 is 0 Å². The molecule has 0 radical (unpaired) electrons. The first-order valence-electron chi connectivity index (χ1n) is 6.75. The molecule has 3 rings (SSSR count). The Labute approximate surface area is 104 Å².